The van der Waals surface area contributed by atoms with Crippen molar-refractivity contribution >= 4 is 16.7 Å². The number of H-pyrrole nitrogens is 1. The predicted octanol–water partition coefficient (Wildman–Crippen LogP) is 2.46. The highest BCUT2D eigenvalue weighted by Crippen LogP contribution is 2.28. The van der Waals surface area contributed by atoms with Gasteiger partial charge in [-0.2, -0.15) is 5.10 Å². The summed E-state index contributed by atoms with van der Waals surface area (Å²) in [4.78, 5) is 0. The number of hydrogen-bond acceptors (Lipinski definition) is 2. The Labute approximate surface area is 99.1 Å². The van der Waals surface area contributed by atoms with E-state index in [1.165, 1.54) is 16.5 Å². The van der Waals surface area contributed by atoms with Crippen LogP contribution in [0.2, 0.25) is 0 Å². The van der Waals surface area contributed by atoms with Gasteiger partial charge in [-0.3, -0.25) is 5.10 Å². The van der Waals surface area contributed by atoms with E-state index in [0.29, 0.717) is 5.82 Å². The molecule has 3 rings (SSSR count). The van der Waals surface area contributed by atoms with Crippen LogP contribution < -0.4 is 5.73 Å². The Kier molecular flexibility index (Phi) is 1.98. The monoisotopic (exact) mass is 226 g/mol. The fourth-order valence-corrected chi connectivity index (χ4v) is 2.35. The third-order valence-corrected chi connectivity index (χ3v) is 3.13. The van der Waals surface area contributed by atoms with Crippen molar-refractivity contribution in [3.63, 3.8) is 0 Å². The van der Waals surface area contributed by atoms with Crippen molar-refractivity contribution in [1.82, 2.24) is 14.8 Å². The fourth-order valence-electron chi connectivity index (χ4n) is 2.35. The Morgan fingerprint density at radius 2 is 2.12 bits per heavy atom. The van der Waals surface area contributed by atoms with Crippen LogP contribution in [0.4, 0.5) is 5.82 Å². The maximum Gasteiger partial charge on any atom is 0.145 e. The molecule has 2 aromatic heterocycles. The Morgan fingerprint density at radius 1 is 1.29 bits per heavy atom. The van der Waals surface area contributed by atoms with E-state index < -0.39 is 0 Å². The number of nitrogen functional groups attached to an aromatic ring is 1. The van der Waals surface area contributed by atoms with E-state index in [1.54, 1.807) is 0 Å². The van der Waals surface area contributed by atoms with Gasteiger partial charge in [-0.25, -0.2) is 0 Å². The molecule has 0 aliphatic heterocycles. The van der Waals surface area contributed by atoms with Gasteiger partial charge in [0.05, 0.1) is 16.9 Å². The van der Waals surface area contributed by atoms with Crippen molar-refractivity contribution in [2.45, 2.75) is 6.92 Å². The molecule has 0 aliphatic rings. The van der Waals surface area contributed by atoms with Gasteiger partial charge >= 0.3 is 0 Å². The van der Waals surface area contributed by atoms with Gasteiger partial charge in [-0.1, -0.05) is 18.2 Å². The molecule has 0 atom stereocenters. The van der Waals surface area contributed by atoms with Crippen LogP contribution in [0.3, 0.4) is 0 Å². The average Bonchev–Trinajstić information content (AvgIpc) is 2.84. The normalized spacial score (nSPS) is 11.2. The molecule has 0 aliphatic carbocycles. The molecule has 0 saturated heterocycles. The first kappa shape index (κ1) is 9.96. The zero-order valence-corrected chi connectivity index (χ0v) is 9.86. The lowest BCUT2D eigenvalue weighted by Crippen LogP contribution is -1.92. The van der Waals surface area contributed by atoms with Gasteiger partial charge < -0.3 is 10.3 Å². The average molecular weight is 226 g/mol. The summed E-state index contributed by atoms with van der Waals surface area (Å²) in [6, 6.07) is 10.3. The van der Waals surface area contributed by atoms with Crippen LogP contribution in [0.5, 0.6) is 0 Å². The molecule has 0 unspecified atom stereocenters. The van der Waals surface area contributed by atoms with Gasteiger partial charge in [-0.15, -0.1) is 0 Å². The minimum atomic E-state index is 0.516. The molecular weight excluding hydrogens is 212 g/mol. The first-order chi connectivity index (χ1) is 8.16. The van der Waals surface area contributed by atoms with Crippen molar-refractivity contribution in [2.24, 2.45) is 7.05 Å². The van der Waals surface area contributed by atoms with Gasteiger partial charge in [0.1, 0.15) is 5.82 Å². The molecule has 4 nitrogen and oxygen atoms in total. The third-order valence-electron chi connectivity index (χ3n) is 3.13. The molecule has 0 bridgehead atoms. The number of anilines is 1. The molecule has 1 aromatic carbocycles. The molecule has 86 valence electrons. The van der Waals surface area contributed by atoms with Crippen LogP contribution in [0.25, 0.3) is 22.3 Å². The zero-order valence-electron chi connectivity index (χ0n) is 9.86. The highest BCUT2D eigenvalue weighted by atomic mass is 15.2. The van der Waals surface area contributed by atoms with E-state index in [-0.39, 0.29) is 0 Å². The molecule has 3 N–H and O–H groups in total. The van der Waals surface area contributed by atoms with E-state index in [4.69, 9.17) is 5.73 Å². The van der Waals surface area contributed by atoms with E-state index in [2.05, 4.69) is 53.0 Å². The molecular formula is C13H14N4. The Hall–Kier alpha value is -2.23. The van der Waals surface area contributed by atoms with Gasteiger partial charge in [0.2, 0.25) is 0 Å². The Bertz CT molecular complexity index is 691. The molecule has 3 aromatic rings. The van der Waals surface area contributed by atoms with Crippen LogP contribution in [-0.2, 0) is 7.05 Å². The fraction of sp³-hybridized carbons (Fsp3) is 0.154. The van der Waals surface area contributed by atoms with E-state index in [9.17, 15) is 0 Å². The predicted molar refractivity (Wildman–Crippen MR) is 69.7 cm³/mol. The lowest BCUT2D eigenvalue weighted by atomic mass is 10.2. The van der Waals surface area contributed by atoms with Crippen LogP contribution in [0, 0.1) is 6.92 Å². The second-order valence-electron chi connectivity index (χ2n) is 4.31. The van der Waals surface area contributed by atoms with E-state index in [0.717, 1.165) is 11.4 Å². The molecule has 0 spiro atoms. The number of rotatable bonds is 1. The van der Waals surface area contributed by atoms with Crippen LogP contribution in [0.15, 0.2) is 30.3 Å². The number of aryl methyl sites for hydroxylation is 2. The first-order valence-electron chi connectivity index (χ1n) is 5.53. The quantitative estimate of drug-likeness (QED) is 0.669. The Balaban J connectivity index is 2.32. The lowest BCUT2D eigenvalue weighted by molar-refractivity contribution is 0.960. The summed E-state index contributed by atoms with van der Waals surface area (Å²) in [7, 11) is 2.06. The summed E-state index contributed by atoms with van der Waals surface area (Å²) in [5.74, 6) is 0.516. The zero-order chi connectivity index (χ0) is 12.0. The van der Waals surface area contributed by atoms with E-state index in [1.807, 2.05) is 6.07 Å². The minimum absolute atomic E-state index is 0.516. The summed E-state index contributed by atoms with van der Waals surface area (Å²) < 4.78 is 2.16. The molecule has 0 radical (unpaired) electrons. The number of fused-ring (bicyclic) bond motifs is 1. The standard InChI is InChI=1S/C13H14N4/c1-8-4-3-5-9-6-11(17(2)13(8)9)10-7-12(14)16-15-10/h3-7H,1-2H3,(H3,14,15,16). The smallest absolute Gasteiger partial charge is 0.145 e. The SMILES string of the molecule is Cc1cccc2cc(-c3cc(N)n[nH]3)n(C)c12. The highest BCUT2D eigenvalue weighted by molar-refractivity contribution is 5.88. The van der Waals surface area contributed by atoms with Crippen LogP contribution in [0.1, 0.15) is 5.56 Å². The van der Waals surface area contributed by atoms with Crippen molar-refractivity contribution in [1.29, 1.82) is 0 Å². The summed E-state index contributed by atoms with van der Waals surface area (Å²) in [5.41, 5.74) is 10.2. The van der Waals surface area contributed by atoms with Gasteiger partial charge in [0.15, 0.2) is 0 Å². The Morgan fingerprint density at radius 3 is 2.76 bits per heavy atom. The molecule has 0 fully saturated rings. The number of nitrogens with zero attached hydrogens (tertiary/aromatic N) is 2. The van der Waals surface area contributed by atoms with Crippen LogP contribution >= 0.6 is 0 Å². The number of benzene rings is 1. The third kappa shape index (κ3) is 1.41. The maximum absolute atomic E-state index is 5.64. The second kappa shape index (κ2) is 3.38. The van der Waals surface area contributed by atoms with Gasteiger partial charge in [0.25, 0.3) is 0 Å². The highest BCUT2D eigenvalue weighted by Gasteiger charge is 2.10. The number of nitrogens with one attached hydrogen (secondary N) is 1. The van der Waals surface area contributed by atoms with Gasteiger partial charge in [-0.05, 0) is 18.6 Å². The maximum atomic E-state index is 5.64. The molecule has 0 saturated carbocycles. The van der Waals surface area contributed by atoms with Crippen molar-refractivity contribution in [2.75, 3.05) is 5.73 Å². The summed E-state index contributed by atoms with van der Waals surface area (Å²) >= 11 is 0. The molecule has 2 heterocycles. The molecule has 4 heteroatoms. The second-order valence-corrected chi connectivity index (χ2v) is 4.31. The summed E-state index contributed by atoms with van der Waals surface area (Å²) in [5, 5.41) is 8.15. The topological polar surface area (TPSA) is 59.6 Å². The molecule has 17 heavy (non-hydrogen) atoms. The number of hydrogen-bond donors (Lipinski definition) is 2. The van der Waals surface area contributed by atoms with Crippen molar-refractivity contribution in [3.8, 4) is 11.4 Å². The minimum Gasteiger partial charge on any atom is -0.382 e. The van der Waals surface area contributed by atoms with Crippen LogP contribution in [-0.4, -0.2) is 14.8 Å². The van der Waals surface area contributed by atoms with Crippen molar-refractivity contribution in [3.05, 3.63) is 35.9 Å². The number of para-hydroxylation sites is 1. The van der Waals surface area contributed by atoms with E-state index >= 15 is 0 Å². The lowest BCUT2D eigenvalue weighted by Gasteiger charge is -2.03. The summed E-state index contributed by atoms with van der Waals surface area (Å²) in [6.45, 7) is 2.12. The molecule has 0 amide bonds. The summed E-state index contributed by atoms with van der Waals surface area (Å²) in [6.07, 6.45) is 0. The number of aromatic nitrogens is 3. The largest absolute Gasteiger partial charge is 0.382 e. The number of nitrogens with two attached hydrogens (primary N) is 1. The number of aromatic amines is 1. The van der Waals surface area contributed by atoms with Gasteiger partial charge in [0, 0.05) is 18.5 Å². The first-order valence-corrected chi connectivity index (χ1v) is 5.53. The van der Waals surface area contributed by atoms with Crippen molar-refractivity contribution < 1.29 is 0 Å².